The second-order valence-corrected chi connectivity index (χ2v) is 2.86. The Kier molecular flexibility index (Phi) is 2.41. The van der Waals surface area contributed by atoms with Crippen molar-refractivity contribution in [3.63, 3.8) is 0 Å². The van der Waals surface area contributed by atoms with Crippen LogP contribution in [0.1, 0.15) is 0 Å². The number of allylic oxidation sites excluding steroid dienone is 1. The summed E-state index contributed by atoms with van der Waals surface area (Å²) in [6.45, 7) is 0. The van der Waals surface area contributed by atoms with E-state index in [1.54, 1.807) is 0 Å². The quantitative estimate of drug-likeness (QED) is 0.582. The van der Waals surface area contributed by atoms with Gasteiger partial charge < -0.3 is 14.5 Å². The molecule has 1 atom stereocenters. The molecule has 0 aliphatic carbocycles. The van der Waals surface area contributed by atoms with Crippen molar-refractivity contribution in [3.05, 3.63) is 12.3 Å². The van der Waals surface area contributed by atoms with E-state index in [9.17, 15) is 4.57 Å². The lowest BCUT2D eigenvalue weighted by Gasteiger charge is -2.14. The van der Waals surface area contributed by atoms with Gasteiger partial charge >= 0.3 is 14.2 Å². The topological polar surface area (TPSA) is 88.4 Å². The molecule has 0 aromatic heterocycles. The predicted molar refractivity (Wildman–Crippen MR) is 35.6 cm³/mol. The zero-order valence-corrected chi connectivity index (χ0v) is 6.22. The summed E-state index contributed by atoms with van der Waals surface area (Å²) in [5.74, 6) is 0. The lowest BCUT2D eigenvalue weighted by Crippen LogP contribution is -2.12. The summed E-state index contributed by atoms with van der Waals surface area (Å²) in [4.78, 5) is 20.0. The zero-order valence-electron chi connectivity index (χ0n) is 5.32. The van der Waals surface area contributed by atoms with E-state index in [0.29, 0.717) is 0 Å². The van der Waals surface area contributed by atoms with E-state index in [0.717, 1.165) is 0 Å². The SMILES string of the molecule is O=P(O)(O)OC1N=CC=CO1. The average Bonchev–Trinajstić information content (AvgIpc) is 1.85. The molecule has 0 saturated carbocycles. The molecule has 6 nitrogen and oxygen atoms in total. The van der Waals surface area contributed by atoms with Gasteiger partial charge in [-0.15, -0.1) is 0 Å². The maximum Gasteiger partial charge on any atom is 0.474 e. The molecule has 11 heavy (non-hydrogen) atoms. The van der Waals surface area contributed by atoms with Gasteiger partial charge in [0.1, 0.15) is 0 Å². The van der Waals surface area contributed by atoms with E-state index in [4.69, 9.17) is 9.79 Å². The molecule has 7 heteroatoms. The molecule has 1 aliphatic rings. The molecule has 0 radical (unpaired) electrons. The summed E-state index contributed by atoms with van der Waals surface area (Å²) in [6.07, 6.45) is 2.79. The number of phosphoric ester groups is 1. The molecule has 0 bridgehead atoms. The minimum Gasteiger partial charge on any atom is -0.453 e. The second kappa shape index (κ2) is 3.15. The third-order valence-corrected chi connectivity index (χ3v) is 1.25. The standard InChI is InChI=1S/C4H6NO5P/c6-11(7,8)10-4-5-2-1-3-9-4/h1-4H,(H2,6,7,8). The van der Waals surface area contributed by atoms with Crippen molar-refractivity contribution >= 4 is 14.0 Å². The maximum absolute atomic E-state index is 10.2. The monoisotopic (exact) mass is 179 g/mol. The highest BCUT2D eigenvalue weighted by Crippen LogP contribution is 2.38. The number of rotatable bonds is 2. The highest BCUT2D eigenvalue weighted by molar-refractivity contribution is 7.46. The number of hydrogen-bond acceptors (Lipinski definition) is 4. The van der Waals surface area contributed by atoms with Gasteiger partial charge in [0.15, 0.2) is 0 Å². The van der Waals surface area contributed by atoms with Crippen LogP contribution < -0.4 is 0 Å². The summed E-state index contributed by atoms with van der Waals surface area (Å²) < 4.78 is 18.8. The summed E-state index contributed by atoms with van der Waals surface area (Å²) in [6, 6.07) is 0. The smallest absolute Gasteiger partial charge is 0.453 e. The van der Waals surface area contributed by atoms with Crippen LogP contribution in [-0.4, -0.2) is 22.4 Å². The van der Waals surface area contributed by atoms with Crippen molar-refractivity contribution in [1.29, 1.82) is 0 Å². The fourth-order valence-electron chi connectivity index (χ4n) is 0.472. The molecule has 0 saturated heterocycles. The first-order valence-corrected chi connectivity index (χ1v) is 4.19. The van der Waals surface area contributed by atoms with E-state index < -0.39 is 14.2 Å². The molecule has 1 heterocycles. The van der Waals surface area contributed by atoms with E-state index in [-0.39, 0.29) is 0 Å². The first-order chi connectivity index (χ1) is 5.08. The molecular formula is C4H6NO5P. The lowest BCUT2D eigenvalue weighted by molar-refractivity contribution is -0.0407. The average molecular weight is 179 g/mol. The van der Waals surface area contributed by atoms with Gasteiger partial charge in [-0.05, 0) is 6.08 Å². The number of phosphoric acid groups is 1. The van der Waals surface area contributed by atoms with E-state index in [2.05, 4.69) is 14.3 Å². The van der Waals surface area contributed by atoms with Crippen LogP contribution in [0.4, 0.5) is 0 Å². The van der Waals surface area contributed by atoms with Gasteiger partial charge in [-0.2, -0.15) is 0 Å². The highest BCUT2D eigenvalue weighted by Gasteiger charge is 2.22. The molecular weight excluding hydrogens is 173 g/mol. The van der Waals surface area contributed by atoms with Gasteiger partial charge in [0.25, 0.3) is 0 Å². The van der Waals surface area contributed by atoms with Gasteiger partial charge in [-0.1, -0.05) is 0 Å². The van der Waals surface area contributed by atoms with Crippen LogP contribution in [0, 0.1) is 0 Å². The normalized spacial score (nSPS) is 23.3. The fourth-order valence-corrected chi connectivity index (χ4v) is 0.811. The Morgan fingerprint density at radius 2 is 2.36 bits per heavy atom. The molecule has 1 unspecified atom stereocenters. The fraction of sp³-hybridized carbons (Fsp3) is 0.250. The first-order valence-electron chi connectivity index (χ1n) is 2.66. The van der Waals surface area contributed by atoms with E-state index in [1.165, 1.54) is 18.6 Å². The molecule has 0 aromatic rings. The molecule has 0 aromatic carbocycles. The predicted octanol–water partition coefficient (Wildman–Crippen LogP) is -0.00600. The largest absolute Gasteiger partial charge is 0.474 e. The van der Waals surface area contributed by atoms with Crippen LogP contribution in [0.5, 0.6) is 0 Å². The van der Waals surface area contributed by atoms with Gasteiger partial charge in [0, 0.05) is 6.21 Å². The molecule has 0 fully saturated rings. The Bertz CT molecular complexity index is 231. The van der Waals surface area contributed by atoms with Crippen LogP contribution >= 0.6 is 7.82 Å². The summed E-state index contributed by atoms with van der Waals surface area (Å²) in [7, 11) is -4.51. The number of aliphatic imine (C=N–C) groups is 1. The maximum atomic E-state index is 10.2. The molecule has 1 aliphatic heterocycles. The van der Waals surface area contributed by atoms with Crippen molar-refractivity contribution in [1.82, 2.24) is 0 Å². The molecule has 0 amide bonds. The molecule has 1 rings (SSSR count). The third-order valence-electron chi connectivity index (χ3n) is 0.795. The second-order valence-electron chi connectivity index (χ2n) is 1.67. The lowest BCUT2D eigenvalue weighted by atomic mass is 10.6. The summed E-state index contributed by atoms with van der Waals surface area (Å²) in [5.41, 5.74) is 0. The molecule has 2 N–H and O–H groups in total. The number of hydrogen-bond donors (Lipinski definition) is 2. The van der Waals surface area contributed by atoms with Crippen molar-refractivity contribution in [2.75, 3.05) is 0 Å². The minimum atomic E-state index is -4.51. The van der Waals surface area contributed by atoms with Gasteiger partial charge in [0.2, 0.25) is 0 Å². The van der Waals surface area contributed by atoms with Crippen molar-refractivity contribution in [3.8, 4) is 0 Å². The Hall–Kier alpha value is -0.680. The van der Waals surface area contributed by atoms with Crippen molar-refractivity contribution in [2.24, 2.45) is 4.99 Å². The van der Waals surface area contributed by atoms with Gasteiger partial charge in [-0.3, -0.25) is 0 Å². The van der Waals surface area contributed by atoms with Crippen LogP contribution in [0.15, 0.2) is 17.3 Å². The van der Waals surface area contributed by atoms with E-state index >= 15 is 0 Å². The van der Waals surface area contributed by atoms with E-state index in [1.807, 2.05) is 0 Å². The van der Waals surface area contributed by atoms with Gasteiger partial charge in [0.05, 0.1) is 6.26 Å². The van der Waals surface area contributed by atoms with Crippen LogP contribution in [0.2, 0.25) is 0 Å². The highest BCUT2D eigenvalue weighted by atomic mass is 31.2. The Balaban J connectivity index is 2.46. The zero-order chi connectivity index (χ0) is 8.32. The summed E-state index contributed by atoms with van der Waals surface area (Å²) >= 11 is 0. The first kappa shape index (κ1) is 8.42. The molecule has 62 valence electrons. The van der Waals surface area contributed by atoms with Crippen molar-refractivity contribution in [2.45, 2.75) is 6.41 Å². The van der Waals surface area contributed by atoms with Crippen LogP contribution in [0.3, 0.4) is 0 Å². The Morgan fingerprint density at radius 3 is 2.82 bits per heavy atom. The number of nitrogens with zero attached hydrogens (tertiary/aromatic N) is 1. The molecule has 0 spiro atoms. The van der Waals surface area contributed by atoms with Crippen LogP contribution in [-0.2, 0) is 13.8 Å². The van der Waals surface area contributed by atoms with Crippen LogP contribution in [0.25, 0.3) is 0 Å². The third kappa shape index (κ3) is 3.29. The number of ether oxygens (including phenoxy) is 1. The summed E-state index contributed by atoms with van der Waals surface area (Å²) in [5, 5.41) is 0. The Morgan fingerprint density at radius 1 is 1.64 bits per heavy atom. The van der Waals surface area contributed by atoms with Gasteiger partial charge in [-0.25, -0.2) is 14.1 Å². The van der Waals surface area contributed by atoms with Crippen molar-refractivity contribution < 1.29 is 23.6 Å². The minimum absolute atomic E-state index is 1.23. The Labute approximate surface area is 62.4 Å².